The van der Waals surface area contributed by atoms with Crippen molar-refractivity contribution < 1.29 is 9.90 Å². The summed E-state index contributed by atoms with van der Waals surface area (Å²) in [7, 11) is 0. The minimum Gasteiger partial charge on any atom is -0.545 e. The van der Waals surface area contributed by atoms with Crippen LogP contribution in [0, 0.1) is 0 Å². The fourth-order valence-electron chi connectivity index (χ4n) is 2.07. The molecule has 1 aromatic heterocycles. The normalized spacial score (nSPS) is 10.5. The summed E-state index contributed by atoms with van der Waals surface area (Å²) in [5.41, 5.74) is 1.66. The second-order valence-corrected chi connectivity index (χ2v) is 6.10. The van der Waals surface area contributed by atoms with Gasteiger partial charge in [0, 0.05) is 20.9 Å². The van der Waals surface area contributed by atoms with Crippen LogP contribution in [0.5, 0.6) is 0 Å². The maximum absolute atomic E-state index is 11.3. The van der Waals surface area contributed by atoms with Crippen molar-refractivity contribution in [2.24, 2.45) is 0 Å². The van der Waals surface area contributed by atoms with E-state index in [1.54, 1.807) is 24.3 Å². The number of benzene rings is 2. The Balaban J connectivity index is 2.07. The summed E-state index contributed by atoms with van der Waals surface area (Å²) in [4.78, 5) is 12.5. The Labute approximate surface area is 142 Å². The summed E-state index contributed by atoms with van der Waals surface area (Å²) < 4.78 is 0. The van der Waals surface area contributed by atoms with Crippen LogP contribution in [-0.2, 0) is 0 Å². The molecule has 0 atom stereocenters. The topological polar surface area (TPSA) is 65.9 Å². The Kier molecular flexibility index (Phi) is 4.60. The van der Waals surface area contributed by atoms with Crippen LogP contribution in [0.15, 0.2) is 70.5 Å². The Morgan fingerprint density at radius 3 is 2.39 bits per heavy atom. The molecule has 0 amide bonds. The average molecular weight is 342 g/mol. The smallest absolute Gasteiger partial charge is 0.152 e. The van der Waals surface area contributed by atoms with Gasteiger partial charge >= 0.3 is 0 Å². The van der Waals surface area contributed by atoms with Gasteiger partial charge in [0.05, 0.1) is 5.97 Å². The summed E-state index contributed by atoms with van der Waals surface area (Å²) in [5, 5.41) is 19.5. The number of nitrogens with zero attached hydrogens (tertiary/aromatic N) is 2. The Morgan fingerprint density at radius 2 is 1.65 bits per heavy atom. The van der Waals surface area contributed by atoms with E-state index < -0.39 is 5.97 Å². The minimum absolute atomic E-state index is 0.129. The van der Waals surface area contributed by atoms with E-state index in [0.717, 1.165) is 10.5 Å². The number of aromatic nitrogens is 2. The van der Waals surface area contributed by atoms with Crippen LogP contribution >= 0.6 is 23.4 Å². The highest BCUT2D eigenvalue weighted by atomic mass is 35.5. The molecule has 3 rings (SSSR count). The zero-order valence-corrected chi connectivity index (χ0v) is 13.3. The van der Waals surface area contributed by atoms with Crippen molar-refractivity contribution in [1.29, 1.82) is 0 Å². The Bertz CT molecular complexity index is 856. The molecule has 4 nitrogen and oxygen atoms in total. The molecule has 0 radical (unpaired) electrons. The molecular formula is C17H10ClN2O2S-. The number of hydrogen-bond donors (Lipinski definition) is 0. The first-order chi connectivity index (χ1) is 11.1. The second kappa shape index (κ2) is 6.81. The summed E-state index contributed by atoms with van der Waals surface area (Å²) >= 11 is 7.23. The molecule has 0 saturated carbocycles. The summed E-state index contributed by atoms with van der Waals surface area (Å²) in [6.07, 6.45) is 0. The average Bonchev–Trinajstić information content (AvgIpc) is 2.56. The second-order valence-electron chi connectivity index (χ2n) is 4.63. The monoisotopic (exact) mass is 341 g/mol. The molecule has 114 valence electrons. The van der Waals surface area contributed by atoms with Crippen molar-refractivity contribution in [2.75, 3.05) is 0 Å². The molecule has 0 spiro atoms. The van der Waals surface area contributed by atoms with Crippen LogP contribution in [0.4, 0.5) is 0 Å². The summed E-state index contributed by atoms with van der Waals surface area (Å²) in [6, 6.07) is 17.9. The molecule has 0 fully saturated rings. The van der Waals surface area contributed by atoms with E-state index in [1.165, 1.54) is 17.8 Å². The van der Waals surface area contributed by atoms with E-state index in [9.17, 15) is 9.90 Å². The quantitative estimate of drug-likeness (QED) is 0.728. The van der Waals surface area contributed by atoms with Crippen molar-refractivity contribution in [3.8, 4) is 11.3 Å². The lowest BCUT2D eigenvalue weighted by molar-refractivity contribution is -0.255. The molecule has 3 aromatic rings. The summed E-state index contributed by atoms with van der Waals surface area (Å²) in [5.74, 6) is -1.22. The zero-order valence-electron chi connectivity index (χ0n) is 11.8. The van der Waals surface area contributed by atoms with Gasteiger partial charge in [-0.2, -0.15) is 0 Å². The Morgan fingerprint density at radius 1 is 0.957 bits per heavy atom. The van der Waals surface area contributed by atoms with Crippen molar-refractivity contribution in [3.63, 3.8) is 0 Å². The number of halogens is 1. The van der Waals surface area contributed by atoms with Gasteiger partial charge in [0.2, 0.25) is 0 Å². The predicted octanol–water partition coefficient (Wildman–Crippen LogP) is 3.31. The Hall–Kier alpha value is -2.37. The van der Waals surface area contributed by atoms with Gasteiger partial charge in [0.15, 0.2) is 5.15 Å². The van der Waals surface area contributed by atoms with Crippen LogP contribution in [0.3, 0.4) is 0 Å². The number of rotatable bonds is 4. The number of carboxylic acids is 1. The highest BCUT2D eigenvalue weighted by molar-refractivity contribution is 7.99. The lowest BCUT2D eigenvalue weighted by Gasteiger charge is -2.12. The number of carbonyl (C=O) groups is 1. The number of carbonyl (C=O) groups excluding carboxylic acids is 1. The predicted molar refractivity (Wildman–Crippen MR) is 87.4 cm³/mol. The third kappa shape index (κ3) is 3.52. The fraction of sp³-hybridized carbons (Fsp3) is 0. The molecular weight excluding hydrogens is 332 g/mol. The van der Waals surface area contributed by atoms with Gasteiger partial charge in [-0.3, -0.25) is 0 Å². The summed E-state index contributed by atoms with van der Waals surface area (Å²) in [6.45, 7) is 0. The molecule has 0 aliphatic heterocycles. The molecule has 0 saturated heterocycles. The number of carboxylic acid groups (broad SMARTS) is 1. The van der Waals surface area contributed by atoms with Crippen LogP contribution in [-0.4, -0.2) is 16.2 Å². The van der Waals surface area contributed by atoms with Gasteiger partial charge in [-0.15, -0.1) is 10.2 Å². The molecule has 0 aliphatic rings. The van der Waals surface area contributed by atoms with Gasteiger partial charge in [0.1, 0.15) is 5.69 Å². The van der Waals surface area contributed by atoms with Crippen molar-refractivity contribution >= 4 is 29.3 Å². The first kappa shape index (κ1) is 15.5. The molecule has 0 aliphatic carbocycles. The lowest BCUT2D eigenvalue weighted by atomic mass is 10.1. The molecule has 0 unspecified atom stereocenters. The van der Waals surface area contributed by atoms with Crippen LogP contribution < -0.4 is 5.11 Å². The standard InChI is InChI=1S/C17H11ClN2O2S/c18-15-10-14(16(20-19-15)11-6-2-1-3-7-11)23-13-9-5-4-8-12(13)17(21)22/h1-10H,(H,21,22)/p-1. The highest BCUT2D eigenvalue weighted by Crippen LogP contribution is 2.36. The van der Waals surface area contributed by atoms with E-state index in [1.807, 2.05) is 30.3 Å². The van der Waals surface area contributed by atoms with E-state index in [2.05, 4.69) is 10.2 Å². The maximum atomic E-state index is 11.3. The molecule has 2 aromatic carbocycles. The molecule has 23 heavy (non-hydrogen) atoms. The maximum Gasteiger partial charge on any atom is 0.152 e. The lowest BCUT2D eigenvalue weighted by Crippen LogP contribution is -2.22. The van der Waals surface area contributed by atoms with E-state index in [0.29, 0.717) is 10.6 Å². The third-order valence-corrected chi connectivity index (χ3v) is 4.39. The van der Waals surface area contributed by atoms with E-state index >= 15 is 0 Å². The van der Waals surface area contributed by atoms with Gasteiger partial charge in [-0.25, -0.2) is 0 Å². The zero-order chi connectivity index (χ0) is 16.2. The largest absolute Gasteiger partial charge is 0.545 e. The fourth-order valence-corrected chi connectivity index (χ4v) is 3.35. The van der Waals surface area contributed by atoms with E-state index in [4.69, 9.17) is 11.6 Å². The molecule has 0 bridgehead atoms. The minimum atomic E-state index is -1.22. The molecule has 0 N–H and O–H groups in total. The van der Waals surface area contributed by atoms with Gasteiger partial charge in [-0.05, 0) is 12.1 Å². The van der Waals surface area contributed by atoms with Crippen LogP contribution in [0.25, 0.3) is 11.3 Å². The number of hydrogen-bond acceptors (Lipinski definition) is 5. The van der Waals surface area contributed by atoms with Gasteiger partial charge in [-0.1, -0.05) is 71.9 Å². The van der Waals surface area contributed by atoms with Crippen LogP contribution in [0.2, 0.25) is 5.15 Å². The third-order valence-electron chi connectivity index (χ3n) is 3.10. The first-order valence-corrected chi connectivity index (χ1v) is 7.91. The first-order valence-electron chi connectivity index (χ1n) is 6.72. The van der Waals surface area contributed by atoms with E-state index in [-0.39, 0.29) is 10.7 Å². The van der Waals surface area contributed by atoms with Crippen LogP contribution in [0.1, 0.15) is 10.4 Å². The molecule has 6 heteroatoms. The molecule has 1 heterocycles. The van der Waals surface area contributed by atoms with Crippen molar-refractivity contribution in [3.05, 3.63) is 71.4 Å². The van der Waals surface area contributed by atoms with Gasteiger partial charge < -0.3 is 9.90 Å². The SMILES string of the molecule is O=C([O-])c1ccccc1Sc1cc(Cl)nnc1-c1ccccc1. The highest BCUT2D eigenvalue weighted by Gasteiger charge is 2.12. The van der Waals surface area contributed by atoms with Crippen molar-refractivity contribution in [2.45, 2.75) is 9.79 Å². The van der Waals surface area contributed by atoms with Crippen molar-refractivity contribution in [1.82, 2.24) is 10.2 Å². The van der Waals surface area contributed by atoms with Gasteiger partial charge in [0.25, 0.3) is 0 Å². The number of aromatic carboxylic acids is 1.